The van der Waals surface area contributed by atoms with E-state index in [0.29, 0.717) is 18.3 Å². The molecule has 0 unspecified atom stereocenters. The Kier molecular flexibility index (Phi) is 4.80. The van der Waals surface area contributed by atoms with Gasteiger partial charge in [-0.2, -0.15) is 9.97 Å². The molecule has 0 atom stereocenters. The number of aryl methyl sites for hydroxylation is 2. The molecule has 3 aromatic rings. The number of rotatable bonds is 5. The molecule has 1 aliphatic heterocycles. The molecule has 1 fully saturated rings. The average molecular weight is 455 g/mol. The van der Waals surface area contributed by atoms with Crippen LogP contribution in [0.5, 0.6) is 0 Å². The highest BCUT2D eigenvalue weighted by molar-refractivity contribution is 5.71. The molecule has 0 bridgehead atoms. The number of fused-ring (bicyclic) bond motifs is 1. The Morgan fingerprint density at radius 3 is 2.45 bits per heavy atom. The van der Waals surface area contributed by atoms with Crippen molar-refractivity contribution in [3.63, 3.8) is 0 Å². The van der Waals surface area contributed by atoms with Crippen LogP contribution < -0.4 is 15.5 Å². The summed E-state index contributed by atoms with van der Waals surface area (Å²) < 4.78 is 29.1. The van der Waals surface area contributed by atoms with Crippen molar-refractivity contribution in [1.29, 1.82) is 0 Å². The fraction of sp³-hybridized carbons (Fsp3) is 0.478. The van der Waals surface area contributed by atoms with Gasteiger partial charge in [0.05, 0.1) is 17.6 Å². The van der Waals surface area contributed by atoms with Gasteiger partial charge in [0.25, 0.3) is 5.92 Å². The van der Waals surface area contributed by atoms with E-state index in [1.165, 1.54) is 0 Å². The lowest BCUT2D eigenvalue weighted by molar-refractivity contribution is -0.0859. The molecule has 0 aromatic carbocycles. The maximum atomic E-state index is 13.6. The standard InChI is InChI=1S/C23H28F2N8/c1-13-6-15(9-27-19(13)32-10-14(2)28-12-32)29-21-30-18(26-5)17-20(31-21)33(11-22(17,3)4)16-7-23(24,25)8-16/h6,9-10,12,16H,7-8,11H2,1-5H3,(H2,26,29,30,31). The van der Waals surface area contributed by atoms with Gasteiger partial charge >= 0.3 is 0 Å². The summed E-state index contributed by atoms with van der Waals surface area (Å²) in [5.74, 6) is 0.0369. The van der Waals surface area contributed by atoms with Crippen molar-refractivity contribution in [3.8, 4) is 5.82 Å². The van der Waals surface area contributed by atoms with Crippen molar-refractivity contribution >= 4 is 23.3 Å². The molecule has 1 aliphatic carbocycles. The number of halogens is 2. The normalized spacial score (nSPS) is 18.7. The van der Waals surface area contributed by atoms with Crippen LogP contribution in [0.2, 0.25) is 0 Å². The van der Waals surface area contributed by atoms with Gasteiger partial charge in [-0.25, -0.2) is 18.7 Å². The summed E-state index contributed by atoms with van der Waals surface area (Å²) >= 11 is 0. The third-order valence-corrected chi connectivity index (χ3v) is 6.41. The topological polar surface area (TPSA) is 83.8 Å². The van der Waals surface area contributed by atoms with Gasteiger partial charge in [-0.15, -0.1) is 0 Å². The van der Waals surface area contributed by atoms with E-state index in [2.05, 4.69) is 39.4 Å². The number of imidazole rings is 1. The molecule has 3 aromatic heterocycles. The first-order valence-electron chi connectivity index (χ1n) is 11.1. The first-order valence-corrected chi connectivity index (χ1v) is 11.1. The van der Waals surface area contributed by atoms with Crippen LogP contribution in [0.15, 0.2) is 24.8 Å². The van der Waals surface area contributed by atoms with Crippen LogP contribution in [0.25, 0.3) is 5.82 Å². The summed E-state index contributed by atoms with van der Waals surface area (Å²) in [7, 11) is 1.82. The Labute approximate surface area is 191 Å². The number of nitrogens with one attached hydrogen (secondary N) is 2. The van der Waals surface area contributed by atoms with Gasteiger partial charge in [0, 0.05) is 49.7 Å². The summed E-state index contributed by atoms with van der Waals surface area (Å²) in [4.78, 5) is 20.3. The van der Waals surface area contributed by atoms with E-state index < -0.39 is 5.92 Å². The average Bonchev–Trinajstić information content (AvgIpc) is 3.26. The molecule has 174 valence electrons. The molecule has 2 aliphatic rings. The number of pyridine rings is 1. The van der Waals surface area contributed by atoms with Gasteiger partial charge in [0.1, 0.15) is 23.8 Å². The van der Waals surface area contributed by atoms with E-state index in [9.17, 15) is 8.78 Å². The van der Waals surface area contributed by atoms with E-state index in [0.717, 1.165) is 34.1 Å². The Morgan fingerprint density at radius 1 is 1.09 bits per heavy atom. The van der Waals surface area contributed by atoms with Crippen LogP contribution >= 0.6 is 0 Å². The number of hydrogen-bond donors (Lipinski definition) is 2. The van der Waals surface area contributed by atoms with Gasteiger partial charge in [-0.1, -0.05) is 13.8 Å². The lowest BCUT2D eigenvalue weighted by atomic mass is 9.85. The second kappa shape index (κ2) is 7.36. The van der Waals surface area contributed by atoms with Crippen molar-refractivity contribution in [2.75, 3.05) is 29.1 Å². The van der Waals surface area contributed by atoms with Crippen molar-refractivity contribution in [2.45, 2.75) is 57.9 Å². The SMILES string of the molecule is CNc1nc(Nc2cnc(-n3cnc(C)c3)c(C)c2)nc2c1C(C)(C)CN2C1CC(F)(F)C1. The van der Waals surface area contributed by atoms with E-state index >= 15 is 0 Å². The minimum absolute atomic E-state index is 0.136. The zero-order valence-electron chi connectivity index (χ0n) is 19.4. The van der Waals surface area contributed by atoms with Gasteiger partial charge < -0.3 is 15.5 Å². The molecule has 0 spiro atoms. The molecule has 8 nitrogen and oxygen atoms in total. The lowest BCUT2D eigenvalue weighted by Gasteiger charge is -2.42. The summed E-state index contributed by atoms with van der Waals surface area (Å²) in [6.07, 6.45) is 5.11. The van der Waals surface area contributed by atoms with E-state index in [1.807, 2.05) is 42.6 Å². The highest BCUT2D eigenvalue weighted by atomic mass is 19.3. The van der Waals surface area contributed by atoms with Gasteiger partial charge in [-0.3, -0.25) is 4.57 Å². The Morgan fingerprint density at radius 2 is 1.85 bits per heavy atom. The molecular formula is C23H28F2N8. The quantitative estimate of drug-likeness (QED) is 0.593. The van der Waals surface area contributed by atoms with Crippen molar-refractivity contribution in [2.24, 2.45) is 0 Å². The number of anilines is 4. The summed E-state index contributed by atoms with van der Waals surface area (Å²) in [5.41, 5.74) is 3.34. The van der Waals surface area contributed by atoms with Crippen LogP contribution in [-0.2, 0) is 5.41 Å². The molecule has 33 heavy (non-hydrogen) atoms. The Balaban J connectivity index is 1.47. The fourth-order valence-electron chi connectivity index (χ4n) is 4.82. The largest absolute Gasteiger partial charge is 0.373 e. The zero-order valence-corrected chi connectivity index (χ0v) is 19.4. The first-order chi connectivity index (χ1) is 15.6. The second-order valence-corrected chi connectivity index (χ2v) is 9.69. The van der Waals surface area contributed by atoms with E-state index in [4.69, 9.17) is 4.98 Å². The molecule has 0 amide bonds. The van der Waals surface area contributed by atoms with Gasteiger partial charge in [0.2, 0.25) is 5.95 Å². The van der Waals surface area contributed by atoms with E-state index in [-0.39, 0.29) is 24.3 Å². The molecule has 1 saturated carbocycles. The van der Waals surface area contributed by atoms with Crippen LogP contribution in [0, 0.1) is 13.8 Å². The van der Waals surface area contributed by atoms with Crippen LogP contribution in [-0.4, -0.2) is 50.1 Å². The van der Waals surface area contributed by atoms with Crippen LogP contribution in [0.4, 0.5) is 32.1 Å². The molecule has 2 N–H and O–H groups in total. The highest BCUT2D eigenvalue weighted by Gasteiger charge is 2.52. The van der Waals surface area contributed by atoms with Crippen molar-refractivity contribution in [3.05, 3.63) is 41.6 Å². The Hall–Kier alpha value is -3.30. The maximum absolute atomic E-state index is 13.6. The van der Waals surface area contributed by atoms with Gasteiger partial charge in [-0.05, 0) is 25.5 Å². The predicted molar refractivity (Wildman–Crippen MR) is 124 cm³/mol. The Bertz CT molecular complexity index is 1210. The molecule has 4 heterocycles. The molecule has 5 rings (SSSR count). The minimum Gasteiger partial charge on any atom is -0.373 e. The molecule has 10 heteroatoms. The van der Waals surface area contributed by atoms with Crippen molar-refractivity contribution in [1.82, 2.24) is 24.5 Å². The van der Waals surface area contributed by atoms with Gasteiger partial charge in [0.15, 0.2) is 0 Å². The third-order valence-electron chi connectivity index (χ3n) is 6.41. The summed E-state index contributed by atoms with van der Waals surface area (Å²) in [6.45, 7) is 8.75. The highest BCUT2D eigenvalue weighted by Crippen LogP contribution is 2.49. The van der Waals surface area contributed by atoms with Crippen LogP contribution in [0.3, 0.4) is 0 Å². The fourth-order valence-corrected chi connectivity index (χ4v) is 4.82. The monoisotopic (exact) mass is 454 g/mol. The molecule has 0 radical (unpaired) electrons. The number of nitrogens with zero attached hydrogens (tertiary/aromatic N) is 6. The molecule has 0 saturated heterocycles. The number of hydrogen-bond acceptors (Lipinski definition) is 7. The van der Waals surface area contributed by atoms with Crippen molar-refractivity contribution < 1.29 is 8.78 Å². The number of aromatic nitrogens is 5. The summed E-state index contributed by atoms with van der Waals surface area (Å²) in [5, 5.41) is 6.42. The molecular weight excluding hydrogens is 426 g/mol. The second-order valence-electron chi connectivity index (χ2n) is 9.69. The maximum Gasteiger partial charge on any atom is 0.252 e. The lowest BCUT2D eigenvalue weighted by Crippen LogP contribution is -2.51. The zero-order chi connectivity index (χ0) is 23.5. The van der Waals surface area contributed by atoms with E-state index in [1.54, 1.807) is 12.5 Å². The number of alkyl halides is 2. The summed E-state index contributed by atoms with van der Waals surface area (Å²) in [6, 6.07) is 1.76. The minimum atomic E-state index is -2.59. The first kappa shape index (κ1) is 21.5. The van der Waals surface area contributed by atoms with Crippen LogP contribution in [0.1, 0.15) is 43.5 Å². The smallest absolute Gasteiger partial charge is 0.252 e. The third kappa shape index (κ3) is 3.77. The predicted octanol–water partition coefficient (Wildman–Crippen LogP) is 4.35.